The molecule has 7 heteroatoms. The van der Waals surface area contributed by atoms with E-state index in [-0.39, 0.29) is 6.04 Å². The fraction of sp³-hybridized carbons (Fsp3) is 0.300. The molecule has 1 aliphatic heterocycles. The molecule has 27 heavy (non-hydrogen) atoms. The zero-order valence-corrected chi connectivity index (χ0v) is 16.0. The molecule has 0 bridgehead atoms. The minimum absolute atomic E-state index is 0.255. The number of aryl methyl sites for hydroxylation is 1. The molecule has 1 aromatic carbocycles. The number of hydrogen-bond donors (Lipinski definition) is 1. The molecule has 0 unspecified atom stereocenters. The summed E-state index contributed by atoms with van der Waals surface area (Å²) in [7, 11) is -3.58. The number of pyridine rings is 2. The van der Waals surface area contributed by atoms with Crippen LogP contribution < -0.4 is 5.32 Å². The van der Waals surface area contributed by atoms with Crippen LogP contribution in [0, 0.1) is 6.92 Å². The zero-order chi connectivity index (χ0) is 18.9. The first kappa shape index (κ1) is 17.9. The number of aromatic nitrogens is 2. The molecule has 0 amide bonds. The number of piperidine rings is 1. The van der Waals surface area contributed by atoms with E-state index in [2.05, 4.69) is 15.3 Å². The lowest BCUT2D eigenvalue weighted by atomic mass is 10.1. The summed E-state index contributed by atoms with van der Waals surface area (Å²) >= 11 is 0. The highest BCUT2D eigenvalue weighted by Gasteiger charge is 2.32. The highest BCUT2D eigenvalue weighted by molar-refractivity contribution is 7.89. The number of nitrogens with zero attached hydrogens (tertiary/aromatic N) is 3. The molecule has 1 N–H and O–H groups in total. The van der Waals surface area contributed by atoms with E-state index in [1.165, 1.54) is 0 Å². The van der Waals surface area contributed by atoms with Crippen molar-refractivity contribution in [2.45, 2.75) is 30.7 Å². The summed E-state index contributed by atoms with van der Waals surface area (Å²) in [6.07, 6.45) is 6.67. The topological polar surface area (TPSA) is 75.2 Å². The van der Waals surface area contributed by atoms with Crippen molar-refractivity contribution in [2.75, 3.05) is 18.4 Å². The normalized spacial score (nSPS) is 16.5. The number of fused-ring (bicyclic) bond motifs is 1. The smallest absolute Gasteiger partial charge is 0.245 e. The molecule has 0 atom stereocenters. The monoisotopic (exact) mass is 382 g/mol. The number of rotatable bonds is 4. The number of hydrogen-bond acceptors (Lipinski definition) is 5. The Bertz CT molecular complexity index is 1050. The molecule has 3 heterocycles. The van der Waals surface area contributed by atoms with E-state index in [1.807, 2.05) is 43.3 Å². The van der Waals surface area contributed by atoms with E-state index in [1.54, 1.807) is 22.9 Å². The lowest BCUT2D eigenvalue weighted by Gasteiger charge is -2.32. The van der Waals surface area contributed by atoms with Crippen LogP contribution in [0.15, 0.2) is 59.9 Å². The van der Waals surface area contributed by atoms with E-state index < -0.39 is 10.0 Å². The largest absolute Gasteiger partial charge is 0.382 e. The van der Waals surface area contributed by atoms with E-state index in [4.69, 9.17) is 0 Å². The third-order valence-electron chi connectivity index (χ3n) is 5.03. The molecule has 1 saturated heterocycles. The Morgan fingerprint density at radius 1 is 1.04 bits per heavy atom. The Kier molecular flexibility index (Phi) is 4.80. The molecule has 6 nitrogen and oxygen atoms in total. The average molecular weight is 382 g/mol. The van der Waals surface area contributed by atoms with Gasteiger partial charge in [0.2, 0.25) is 10.0 Å². The SMILES string of the molecule is Cc1ccc2cccnc2c1S(=O)(=O)N1CCC(Nc2ccncc2)CC1. The van der Waals surface area contributed by atoms with Gasteiger partial charge < -0.3 is 5.32 Å². The third-order valence-corrected chi connectivity index (χ3v) is 7.10. The Labute approximate surface area is 159 Å². The molecular formula is C20H22N4O2S. The fourth-order valence-electron chi connectivity index (χ4n) is 3.60. The van der Waals surface area contributed by atoms with Gasteiger partial charge in [0.15, 0.2) is 0 Å². The van der Waals surface area contributed by atoms with Crippen LogP contribution in [-0.2, 0) is 10.0 Å². The molecule has 0 radical (unpaired) electrons. The van der Waals surface area contributed by atoms with Crippen molar-refractivity contribution >= 4 is 26.6 Å². The zero-order valence-electron chi connectivity index (χ0n) is 15.2. The standard InChI is InChI=1S/C20H22N4O2S/c1-15-4-5-16-3-2-10-22-19(16)20(15)27(25,26)24-13-8-18(9-14-24)23-17-6-11-21-12-7-17/h2-7,10-12,18H,8-9,13-14H2,1H3,(H,21,23). The van der Waals surface area contributed by atoms with E-state index in [0.717, 1.165) is 29.5 Å². The predicted octanol–water partition coefficient (Wildman–Crippen LogP) is 3.20. The number of sulfonamides is 1. The number of benzene rings is 1. The number of nitrogens with one attached hydrogen (secondary N) is 1. The van der Waals surface area contributed by atoms with Crippen LogP contribution in [-0.4, -0.2) is 41.8 Å². The molecule has 0 aliphatic carbocycles. The van der Waals surface area contributed by atoms with Crippen LogP contribution in [0.5, 0.6) is 0 Å². The Balaban J connectivity index is 1.55. The van der Waals surface area contributed by atoms with Crippen molar-refractivity contribution in [1.82, 2.24) is 14.3 Å². The second kappa shape index (κ2) is 7.25. The van der Waals surface area contributed by atoms with Gasteiger partial charge in [0, 0.05) is 48.8 Å². The second-order valence-electron chi connectivity index (χ2n) is 6.85. The maximum absolute atomic E-state index is 13.3. The molecule has 3 aromatic rings. The maximum atomic E-state index is 13.3. The lowest BCUT2D eigenvalue weighted by Crippen LogP contribution is -2.42. The summed E-state index contributed by atoms with van der Waals surface area (Å²) in [6.45, 7) is 2.82. The first-order valence-electron chi connectivity index (χ1n) is 9.07. The lowest BCUT2D eigenvalue weighted by molar-refractivity contribution is 0.330. The summed E-state index contributed by atoms with van der Waals surface area (Å²) in [6, 6.07) is 11.6. The minimum Gasteiger partial charge on any atom is -0.382 e. The van der Waals surface area contributed by atoms with Crippen molar-refractivity contribution in [1.29, 1.82) is 0 Å². The van der Waals surface area contributed by atoms with Gasteiger partial charge in [-0.3, -0.25) is 9.97 Å². The van der Waals surface area contributed by atoms with Gasteiger partial charge in [0.1, 0.15) is 4.90 Å². The number of anilines is 1. The van der Waals surface area contributed by atoms with E-state index in [0.29, 0.717) is 23.5 Å². The molecule has 0 spiro atoms. The fourth-order valence-corrected chi connectivity index (χ4v) is 5.44. The van der Waals surface area contributed by atoms with Crippen molar-refractivity contribution < 1.29 is 8.42 Å². The second-order valence-corrected chi connectivity index (χ2v) is 8.72. The van der Waals surface area contributed by atoms with Gasteiger partial charge in [-0.05, 0) is 43.5 Å². The average Bonchev–Trinajstić information content (AvgIpc) is 2.69. The molecular weight excluding hydrogens is 360 g/mol. The third kappa shape index (κ3) is 3.52. The summed E-state index contributed by atoms with van der Waals surface area (Å²) < 4.78 is 28.3. The van der Waals surface area contributed by atoms with Gasteiger partial charge in [-0.15, -0.1) is 0 Å². The van der Waals surface area contributed by atoms with E-state index >= 15 is 0 Å². The van der Waals surface area contributed by atoms with Crippen LogP contribution in [0.2, 0.25) is 0 Å². The first-order chi connectivity index (χ1) is 13.1. The molecule has 4 rings (SSSR count). The summed E-state index contributed by atoms with van der Waals surface area (Å²) in [4.78, 5) is 8.70. The molecule has 0 saturated carbocycles. The van der Waals surface area contributed by atoms with Crippen LogP contribution in [0.3, 0.4) is 0 Å². The molecule has 140 valence electrons. The Morgan fingerprint density at radius 2 is 1.78 bits per heavy atom. The van der Waals surface area contributed by atoms with Crippen LogP contribution in [0.4, 0.5) is 5.69 Å². The van der Waals surface area contributed by atoms with Crippen molar-refractivity contribution in [3.05, 3.63) is 60.6 Å². The Hall–Kier alpha value is -2.51. The van der Waals surface area contributed by atoms with Gasteiger partial charge in [-0.2, -0.15) is 4.31 Å². The van der Waals surface area contributed by atoms with E-state index in [9.17, 15) is 8.42 Å². The van der Waals surface area contributed by atoms with Crippen LogP contribution >= 0.6 is 0 Å². The quantitative estimate of drug-likeness (QED) is 0.750. The Morgan fingerprint density at radius 3 is 2.52 bits per heavy atom. The highest BCUT2D eigenvalue weighted by atomic mass is 32.2. The first-order valence-corrected chi connectivity index (χ1v) is 10.5. The highest BCUT2D eigenvalue weighted by Crippen LogP contribution is 2.29. The van der Waals surface area contributed by atoms with Gasteiger partial charge in [0.05, 0.1) is 5.52 Å². The summed E-state index contributed by atoms with van der Waals surface area (Å²) in [5.74, 6) is 0. The maximum Gasteiger partial charge on any atom is 0.245 e. The minimum atomic E-state index is -3.58. The van der Waals surface area contributed by atoms with Gasteiger partial charge in [-0.1, -0.05) is 18.2 Å². The van der Waals surface area contributed by atoms with Crippen LogP contribution in [0.1, 0.15) is 18.4 Å². The summed E-state index contributed by atoms with van der Waals surface area (Å²) in [5, 5.41) is 4.30. The molecule has 1 aliphatic rings. The van der Waals surface area contributed by atoms with Crippen molar-refractivity contribution in [3.8, 4) is 0 Å². The predicted molar refractivity (Wildman–Crippen MR) is 106 cm³/mol. The van der Waals surface area contributed by atoms with Gasteiger partial charge in [0.25, 0.3) is 0 Å². The molecule has 1 fully saturated rings. The summed E-state index contributed by atoms with van der Waals surface area (Å²) in [5.41, 5.74) is 2.30. The van der Waals surface area contributed by atoms with Gasteiger partial charge >= 0.3 is 0 Å². The van der Waals surface area contributed by atoms with Crippen molar-refractivity contribution in [2.24, 2.45) is 0 Å². The molecule has 2 aromatic heterocycles. The van der Waals surface area contributed by atoms with Crippen LogP contribution in [0.25, 0.3) is 10.9 Å². The van der Waals surface area contributed by atoms with Crippen molar-refractivity contribution in [3.63, 3.8) is 0 Å². The van der Waals surface area contributed by atoms with Gasteiger partial charge in [-0.25, -0.2) is 8.42 Å².